The van der Waals surface area contributed by atoms with Crippen molar-refractivity contribution < 1.29 is 4.79 Å². The van der Waals surface area contributed by atoms with E-state index in [0.717, 1.165) is 5.56 Å². The largest absolute Gasteiger partial charge is 0.352 e. The van der Waals surface area contributed by atoms with Crippen LogP contribution in [0.1, 0.15) is 11.1 Å². The summed E-state index contributed by atoms with van der Waals surface area (Å²) in [6.45, 7) is 0.236. The molecule has 0 aliphatic carbocycles. The summed E-state index contributed by atoms with van der Waals surface area (Å²) in [4.78, 5) is 23.6. The number of aromatic nitrogens is 1. The number of pyridine rings is 1. The minimum Gasteiger partial charge on any atom is -0.352 e. The molecule has 20 heavy (non-hydrogen) atoms. The molecule has 1 amide bonds. The van der Waals surface area contributed by atoms with Gasteiger partial charge >= 0.3 is 0 Å². The van der Waals surface area contributed by atoms with Gasteiger partial charge in [0.2, 0.25) is 5.91 Å². The Labute approximate surface area is 122 Å². The lowest BCUT2D eigenvalue weighted by Gasteiger charge is -2.06. The lowest BCUT2D eigenvalue weighted by atomic mass is 10.1. The second kappa shape index (κ2) is 6.39. The SMILES string of the molecule is Cn1cccc(CNC(=O)Cc2ccc(Cl)cc2)c1=O. The van der Waals surface area contributed by atoms with Gasteiger partial charge < -0.3 is 9.88 Å². The van der Waals surface area contributed by atoms with E-state index in [-0.39, 0.29) is 24.4 Å². The van der Waals surface area contributed by atoms with Crippen LogP contribution in [0, 0.1) is 0 Å². The number of hydrogen-bond donors (Lipinski definition) is 1. The van der Waals surface area contributed by atoms with E-state index in [2.05, 4.69) is 5.32 Å². The van der Waals surface area contributed by atoms with Gasteiger partial charge in [-0.25, -0.2) is 0 Å². The third-order valence-electron chi connectivity index (χ3n) is 2.96. The number of carbonyl (C=O) groups excluding carboxylic acids is 1. The topological polar surface area (TPSA) is 51.1 Å². The number of halogens is 1. The van der Waals surface area contributed by atoms with Crippen molar-refractivity contribution in [2.75, 3.05) is 0 Å². The first-order chi connectivity index (χ1) is 9.56. The van der Waals surface area contributed by atoms with Gasteiger partial charge in [-0.2, -0.15) is 0 Å². The molecule has 1 N–H and O–H groups in total. The molecular formula is C15H15ClN2O2. The molecule has 0 aliphatic rings. The molecule has 0 atom stereocenters. The molecule has 0 spiro atoms. The Bertz CT molecular complexity index is 662. The third-order valence-corrected chi connectivity index (χ3v) is 3.21. The number of hydrogen-bond acceptors (Lipinski definition) is 2. The molecule has 0 aliphatic heterocycles. The molecule has 2 aromatic rings. The maximum Gasteiger partial charge on any atom is 0.255 e. The van der Waals surface area contributed by atoms with Gasteiger partial charge in [0.1, 0.15) is 0 Å². The lowest BCUT2D eigenvalue weighted by Crippen LogP contribution is -2.29. The monoisotopic (exact) mass is 290 g/mol. The van der Waals surface area contributed by atoms with E-state index < -0.39 is 0 Å². The van der Waals surface area contributed by atoms with Crippen LogP contribution in [0.15, 0.2) is 47.4 Å². The van der Waals surface area contributed by atoms with Crippen LogP contribution >= 0.6 is 11.6 Å². The molecule has 2 rings (SSSR count). The van der Waals surface area contributed by atoms with Crippen molar-refractivity contribution in [1.82, 2.24) is 9.88 Å². The van der Waals surface area contributed by atoms with E-state index in [1.54, 1.807) is 37.5 Å². The number of rotatable bonds is 4. The zero-order chi connectivity index (χ0) is 14.5. The van der Waals surface area contributed by atoms with E-state index in [1.807, 2.05) is 12.1 Å². The average molecular weight is 291 g/mol. The fourth-order valence-corrected chi connectivity index (χ4v) is 1.96. The summed E-state index contributed by atoms with van der Waals surface area (Å²) in [7, 11) is 1.68. The molecule has 0 bridgehead atoms. The number of nitrogens with one attached hydrogen (secondary N) is 1. The van der Waals surface area contributed by atoms with Gasteiger partial charge in [0, 0.05) is 30.4 Å². The summed E-state index contributed by atoms with van der Waals surface area (Å²) < 4.78 is 1.49. The van der Waals surface area contributed by atoms with E-state index in [0.29, 0.717) is 10.6 Å². The maximum atomic E-state index is 11.8. The summed E-state index contributed by atoms with van der Waals surface area (Å²) in [5.41, 5.74) is 1.35. The molecule has 0 saturated heterocycles. The molecular weight excluding hydrogens is 276 g/mol. The predicted molar refractivity (Wildman–Crippen MR) is 78.7 cm³/mol. The quantitative estimate of drug-likeness (QED) is 0.935. The molecule has 0 unspecified atom stereocenters. The highest BCUT2D eigenvalue weighted by molar-refractivity contribution is 6.30. The van der Waals surface area contributed by atoms with Crippen molar-refractivity contribution in [3.05, 3.63) is 69.1 Å². The first-order valence-electron chi connectivity index (χ1n) is 6.22. The van der Waals surface area contributed by atoms with Crippen LogP contribution in [0.4, 0.5) is 0 Å². The average Bonchev–Trinajstić information content (AvgIpc) is 2.43. The molecule has 4 nitrogen and oxygen atoms in total. The fourth-order valence-electron chi connectivity index (χ4n) is 1.83. The zero-order valence-corrected chi connectivity index (χ0v) is 11.9. The lowest BCUT2D eigenvalue weighted by molar-refractivity contribution is -0.120. The molecule has 1 aromatic heterocycles. The van der Waals surface area contributed by atoms with Gasteiger partial charge in [-0.1, -0.05) is 29.8 Å². The Balaban J connectivity index is 1.94. The van der Waals surface area contributed by atoms with Gasteiger partial charge in [0.25, 0.3) is 5.56 Å². The summed E-state index contributed by atoms with van der Waals surface area (Å²) in [5.74, 6) is -0.127. The smallest absolute Gasteiger partial charge is 0.255 e. The number of aryl methyl sites for hydroxylation is 1. The maximum absolute atomic E-state index is 11.8. The van der Waals surface area contributed by atoms with Crippen LogP contribution in [0.25, 0.3) is 0 Å². The first kappa shape index (κ1) is 14.3. The van der Waals surface area contributed by atoms with Crippen LogP contribution in [0.3, 0.4) is 0 Å². The van der Waals surface area contributed by atoms with Crippen molar-refractivity contribution in [1.29, 1.82) is 0 Å². The van der Waals surface area contributed by atoms with Crippen LogP contribution in [-0.2, 0) is 24.8 Å². The van der Waals surface area contributed by atoms with E-state index in [1.165, 1.54) is 4.57 Å². The molecule has 5 heteroatoms. The Morgan fingerprint density at radius 1 is 1.25 bits per heavy atom. The minimum atomic E-state index is -0.127. The number of benzene rings is 1. The highest BCUT2D eigenvalue weighted by Crippen LogP contribution is 2.09. The van der Waals surface area contributed by atoms with Crippen LogP contribution in [0.2, 0.25) is 5.02 Å². The van der Waals surface area contributed by atoms with E-state index in [4.69, 9.17) is 11.6 Å². The highest BCUT2D eigenvalue weighted by Gasteiger charge is 2.05. The molecule has 0 saturated carbocycles. The Hall–Kier alpha value is -2.07. The third kappa shape index (κ3) is 3.71. The summed E-state index contributed by atoms with van der Waals surface area (Å²) in [6, 6.07) is 10.6. The van der Waals surface area contributed by atoms with Crippen molar-refractivity contribution in [3.8, 4) is 0 Å². The summed E-state index contributed by atoms with van der Waals surface area (Å²) in [5, 5.41) is 3.39. The van der Waals surface area contributed by atoms with Crippen molar-refractivity contribution in [2.45, 2.75) is 13.0 Å². The van der Waals surface area contributed by atoms with Gasteiger partial charge in [0.05, 0.1) is 6.42 Å². The van der Waals surface area contributed by atoms with Gasteiger partial charge in [0.15, 0.2) is 0 Å². The second-order valence-electron chi connectivity index (χ2n) is 4.53. The van der Waals surface area contributed by atoms with Crippen LogP contribution < -0.4 is 10.9 Å². The first-order valence-corrected chi connectivity index (χ1v) is 6.60. The summed E-state index contributed by atoms with van der Waals surface area (Å²) >= 11 is 5.78. The molecule has 1 aromatic carbocycles. The number of carbonyl (C=O) groups is 1. The van der Waals surface area contributed by atoms with Crippen LogP contribution in [-0.4, -0.2) is 10.5 Å². The minimum absolute atomic E-state index is 0.0979. The van der Waals surface area contributed by atoms with Crippen LogP contribution in [0.5, 0.6) is 0 Å². The Morgan fingerprint density at radius 2 is 1.95 bits per heavy atom. The fraction of sp³-hybridized carbons (Fsp3) is 0.200. The van der Waals surface area contributed by atoms with E-state index >= 15 is 0 Å². The molecule has 1 heterocycles. The molecule has 104 valence electrons. The predicted octanol–water partition coefficient (Wildman–Crippen LogP) is 1.90. The van der Waals surface area contributed by atoms with Crippen molar-refractivity contribution in [3.63, 3.8) is 0 Å². The van der Waals surface area contributed by atoms with Gasteiger partial charge in [-0.3, -0.25) is 9.59 Å². The zero-order valence-electron chi connectivity index (χ0n) is 11.1. The van der Waals surface area contributed by atoms with Gasteiger partial charge in [-0.05, 0) is 23.8 Å². The van der Waals surface area contributed by atoms with E-state index in [9.17, 15) is 9.59 Å². The second-order valence-corrected chi connectivity index (χ2v) is 4.97. The highest BCUT2D eigenvalue weighted by atomic mass is 35.5. The van der Waals surface area contributed by atoms with Crippen molar-refractivity contribution >= 4 is 17.5 Å². The Kier molecular flexibility index (Phi) is 4.58. The molecule has 0 radical (unpaired) electrons. The standard InChI is InChI=1S/C15H15ClN2O2/c1-18-8-2-3-12(15(18)20)10-17-14(19)9-11-4-6-13(16)7-5-11/h2-8H,9-10H2,1H3,(H,17,19). The number of amides is 1. The van der Waals surface area contributed by atoms with Gasteiger partial charge in [-0.15, -0.1) is 0 Å². The Morgan fingerprint density at radius 3 is 2.65 bits per heavy atom. The number of nitrogens with zero attached hydrogens (tertiary/aromatic N) is 1. The summed E-state index contributed by atoms with van der Waals surface area (Å²) in [6.07, 6.45) is 1.95. The van der Waals surface area contributed by atoms with Crippen molar-refractivity contribution in [2.24, 2.45) is 7.05 Å². The molecule has 0 fully saturated rings. The normalized spacial score (nSPS) is 10.3.